The molecule has 2 rings (SSSR count). The quantitative estimate of drug-likeness (QED) is 0.781. The summed E-state index contributed by atoms with van der Waals surface area (Å²) in [4.78, 5) is 4.14. The molecular formula is C10H13N5. The Hall–Kier alpha value is -2.04. The normalized spacial score (nSPS) is 10.2. The lowest BCUT2D eigenvalue weighted by Gasteiger charge is -2.05. The first kappa shape index (κ1) is 9.51. The highest BCUT2D eigenvalue weighted by atomic mass is 15.2. The number of hydrogen-bond acceptors (Lipinski definition) is 4. The topological polar surface area (TPSA) is 68.8 Å². The average molecular weight is 203 g/mol. The minimum Gasteiger partial charge on any atom is -0.396 e. The lowest BCUT2D eigenvalue weighted by Crippen LogP contribution is -2.03. The van der Waals surface area contributed by atoms with Crippen LogP contribution in [0.5, 0.6) is 0 Å². The fourth-order valence-corrected chi connectivity index (χ4v) is 1.31. The number of nitrogens with two attached hydrogens (primary N) is 1. The molecule has 0 radical (unpaired) electrons. The van der Waals surface area contributed by atoms with Crippen LogP contribution in [0.25, 0.3) is 0 Å². The Morgan fingerprint density at radius 1 is 1.53 bits per heavy atom. The maximum absolute atomic E-state index is 5.74. The Bertz CT molecular complexity index is 449. The lowest BCUT2D eigenvalue weighted by atomic mass is 10.3. The molecule has 15 heavy (non-hydrogen) atoms. The third-order valence-corrected chi connectivity index (χ3v) is 2.06. The Morgan fingerprint density at radius 3 is 3.07 bits per heavy atom. The van der Waals surface area contributed by atoms with Gasteiger partial charge in [0, 0.05) is 31.5 Å². The first-order chi connectivity index (χ1) is 7.25. The molecule has 0 aliphatic carbocycles. The number of nitrogens with zero attached hydrogens (tertiary/aromatic N) is 3. The summed E-state index contributed by atoms with van der Waals surface area (Å²) in [6.07, 6.45) is 5.47. The highest BCUT2D eigenvalue weighted by molar-refractivity contribution is 5.60. The number of aryl methyl sites for hydroxylation is 1. The van der Waals surface area contributed by atoms with Crippen molar-refractivity contribution in [3.05, 3.63) is 36.3 Å². The van der Waals surface area contributed by atoms with Gasteiger partial charge < -0.3 is 11.1 Å². The van der Waals surface area contributed by atoms with Crippen LogP contribution in [0.4, 0.5) is 11.5 Å². The molecule has 0 aliphatic rings. The van der Waals surface area contributed by atoms with E-state index in [9.17, 15) is 0 Å². The summed E-state index contributed by atoms with van der Waals surface area (Å²) in [6, 6.07) is 3.63. The molecule has 3 N–H and O–H groups in total. The third kappa shape index (κ3) is 2.25. The molecule has 2 aromatic heterocycles. The molecule has 0 unspecified atom stereocenters. The van der Waals surface area contributed by atoms with Crippen LogP contribution >= 0.6 is 0 Å². The van der Waals surface area contributed by atoms with E-state index in [1.165, 1.54) is 0 Å². The van der Waals surface area contributed by atoms with Crippen molar-refractivity contribution in [3.63, 3.8) is 0 Å². The van der Waals surface area contributed by atoms with Crippen molar-refractivity contribution in [2.45, 2.75) is 6.54 Å². The second kappa shape index (κ2) is 4.00. The van der Waals surface area contributed by atoms with Gasteiger partial charge in [-0.05, 0) is 12.1 Å². The highest BCUT2D eigenvalue weighted by Gasteiger charge is 1.99. The van der Waals surface area contributed by atoms with E-state index in [0.29, 0.717) is 18.1 Å². The molecule has 0 bridgehead atoms. The standard InChI is InChI=1S/C10H13N5/c1-15-7-8(6-14-15)5-13-10-9(11)3-2-4-12-10/h2-4,6-7H,5,11H2,1H3,(H,12,13). The average Bonchev–Trinajstić information content (AvgIpc) is 2.63. The first-order valence-electron chi connectivity index (χ1n) is 4.67. The Morgan fingerprint density at radius 2 is 2.40 bits per heavy atom. The van der Waals surface area contributed by atoms with E-state index in [-0.39, 0.29) is 0 Å². The molecule has 0 fully saturated rings. The van der Waals surface area contributed by atoms with Crippen LogP contribution in [0.1, 0.15) is 5.56 Å². The zero-order chi connectivity index (χ0) is 10.7. The lowest BCUT2D eigenvalue weighted by molar-refractivity contribution is 0.767. The van der Waals surface area contributed by atoms with Gasteiger partial charge >= 0.3 is 0 Å². The fraction of sp³-hybridized carbons (Fsp3) is 0.200. The number of anilines is 2. The van der Waals surface area contributed by atoms with Gasteiger partial charge in [-0.25, -0.2) is 4.98 Å². The van der Waals surface area contributed by atoms with Crippen LogP contribution in [-0.4, -0.2) is 14.8 Å². The molecule has 0 aliphatic heterocycles. The van der Waals surface area contributed by atoms with E-state index in [1.54, 1.807) is 10.9 Å². The van der Waals surface area contributed by atoms with Crippen molar-refractivity contribution in [1.29, 1.82) is 0 Å². The van der Waals surface area contributed by atoms with Crippen molar-refractivity contribution >= 4 is 11.5 Å². The maximum Gasteiger partial charge on any atom is 0.149 e. The monoisotopic (exact) mass is 203 g/mol. The molecule has 0 amide bonds. The summed E-state index contributed by atoms with van der Waals surface area (Å²) in [7, 11) is 1.89. The predicted molar refractivity (Wildman–Crippen MR) is 59.2 cm³/mol. The van der Waals surface area contributed by atoms with E-state index in [0.717, 1.165) is 5.56 Å². The van der Waals surface area contributed by atoms with Crippen molar-refractivity contribution < 1.29 is 0 Å². The number of hydrogen-bond donors (Lipinski definition) is 2. The zero-order valence-electron chi connectivity index (χ0n) is 8.51. The minimum atomic E-state index is 0.654. The molecule has 2 aromatic rings. The maximum atomic E-state index is 5.74. The van der Waals surface area contributed by atoms with Gasteiger partial charge in [-0.2, -0.15) is 5.10 Å². The summed E-state index contributed by atoms with van der Waals surface area (Å²) >= 11 is 0. The third-order valence-electron chi connectivity index (χ3n) is 2.06. The van der Waals surface area contributed by atoms with Crippen LogP contribution in [0.15, 0.2) is 30.7 Å². The fourth-order valence-electron chi connectivity index (χ4n) is 1.31. The molecule has 0 aromatic carbocycles. The molecule has 0 saturated heterocycles. The van der Waals surface area contributed by atoms with Crippen LogP contribution < -0.4 is 11.1 Å². The van der Waals surface area contributed by atoms with Crippen molar-refractivity contribution in [2.75, 3.05) is 11.1 Å². The van der Waals surface area contributed by atoms with Gasteiger partial charge in [0.1, 0.15) is 5.82 Å². The minimum absolute atomic E-state index is 0.654. The van der Waals surface area contributed by atoms with E-state index in [1.807, 2.05) is 31.6 Å². The molecule has 0 atom stereocenters. The number of rotatable bonds is 3. The Labute approximate surface area is 87.9 Å². The Kier molecular flexibility index (Phi) is 2.53. The van der Waals surface area contributed by atoms with E-state index in [2.05, 4.69) is 15.4 Å². The molecule has 78 valence electrons. The number of aromatic nitrogens is 3. The van der Waals surface area contributed by atoms with E-state index >= 15 is 0 Å². The highest BCUT2D eigenvalue weighted by Crippen LogP contribution is 2.13. The van der Waals surface area contributed by atoms with Gasteiger partial charge in [0.05, 0.1) is 11.9 Å². The van der Waals surface area contributed by atoms with Crippen molar-refractivity contribution in [3.8, 4) is 0 Å². The summed E-state index contributed by atoms with van der Waals surface area (Å²) in [5.41, 5.74) is 7.50. The molecule has 0 spiro atoms. The smallest absolute Gasteiger partial charge is 0.149 e. The van der Waals surface area contributed by atoms with Gasteiger partial charge in [-0.1, -0.05) is 0 Å². The molecule has 2 heterocycles. The van der Waals surface area contributed by atoms with Crippen LogP contribution in [0.3, 0.4) is 0 Å². The van der Waals surface area contributed by atoms with Gasteiger partial charge in [0.2, 0.25) is 0 Å². The number of nitrogens with one attached hydrogen (secondary N) is 1. The van der Waals surface area contributed by atoms with Crippen LogP contribution in [0, 0.1) is 0 Å². The first-order valence-corrected chi connectivity index (χ1v) is 4.67. The van der Waals surface area contributed by atoms with Gasteiger partial charge in [-0.3, -0.25) is 4.68 Å². The van der Waals surface area contributed by atoms with Gasteiger partial charge in [-0.15, -0.1) is 0 Å². The molecule has 0 saturated carbocycles. The number of nitrogen functional groups attached to an aromatic ring is 1. The molecule has 5 nitrogen and oxygen atoms in total. The summed E-state index contributed by atoms with van der Waals surface area (Å²) in [5.74, 6) is 0.710. The summed E-state index contributed by atoms with van der Waals surface area (Å²) in [5, 5.41) is 7.23. The zero-order valence-corrected chi connectivity index (χ0v) is 8.51. The van der Waals surface area contributed by atoms with Crippen molar-refractivity contribution in [1.82, 2.24) is 14.8 Å². The predicted octanol–water partition coefficient (Wildman–Crippen LogP) is 1.01. The SMILES string of the molecule is Cn1cc(CNc2ncccc2N)cn1. The second-order valence-corrected chi connectivity index (χ2v) is 3.32. The van der Waals surface area contributed by atoms with E-state index < -0.39 is 0 Å². The van der Waals surface area contributed by atoms with Gasteiger partial charge in [0.25, 0.3) is 0 Å². The molecule has 5 heteroatoms. The van der Waals surface area contributed by atoms with Crippen LogP contribution in [-0.2, 0) is 13.6 Å². The largest absolute Gasteiger partial charge is 0.396 e. The van der Waals surface area contributed by atoms with Gasteiger partial charge in [0.15, 0.2) is 0 Å². The van der Waals surface area contributed by atoms with Crippen molar-refractivity contribution in [2.24, 2.45) is 7.05 Å². The summed E-state index contributed by atoms with van der Waals surface area (Å²) in [6.45, 7) is 0.676. The summed E-state index contributed by atoms with van der Waals surface area (Å²) < 4.78 is 1.76. The number of pyridine rings is 1. The van der Waals surface area contributed by atoms with Crippen LogP contribution in [0.2, 0.25) is 0 Å². The Balaban J connectivity index is 2.02. The molecular weight excluding hydrogens is 190 g/mol. The van der Waals surface area contributed by atoms with E-state index in [4.69, 9.17) is 5.73 Å². The second-order valence-electron chi connectivity index (χ2n) is 3.32.